The zero-order valence-corrected chi connectivity index (χ0v) is 15.5. The summed E-state index contributed by atoms with van der Waals surface area (Å²) in [4.78, 5) is 26.7. The fraction of sp³-hybridized carbons (Fsp3) is 0.316. The van der Waals surface area contributed by atoms with Crippen molar-refractivity contribution >= 4 is 38.5 Å². The van der Waals surface area contributed by atoms with Crippen molar-refractivity contribution in [1.82, 2.24) is 14.9 Å². The first kappa shape index (κ1) is 16.8. The van der Waals surface area contributed by atoms with E-state index in [2.05, 4.69) is 33.2 Å². The van der Waals surface area contributed by atoms with Crippen LogP contribution in [0.1, 0.15) is 12.5 Å². The average Bonchev–Trinajstić information content (AvgIpc) is 3.13. The summed E-state index contributed by atoms with van der Waals surface area (Å²) in [7, 11) is 0. The maximum Gasteiger partial charge on any atom is 0.321 e. The molecule has 7 heteroatoms. The maximum absolute atomic E-state index is 12.6. The summed E-state index contributed by atoms with van der Waals surface area (Å²) >= 11 is 1.61. The van der Waals surface area contributed by atoms with Gasteiger partial charge in [-0.15, -0.1) is 0 Å². The first-order valence-electron chi connectivity index (χ1n) is 8.85. The van der Waals surface area contributed by atoms with E-state index in [1.54, 1.807) is 17.5 Å². The lowest BCUT2D eigenvalue weighted by atomic mass is 10.1. The number of rotatable bonds is 3. The number of carbonyl (C=O) groups is 1. The molecule has 1 aromatic carbocycles. The number of amides is 2. The van der Waals surface area contributed by atoms with E-state index in [-0.39, 0.29) is 6.03 Å². The van der Waals surface area contributed by atoms with Crippen molar-refractivity contribution in [3.05, 3.63) is 48.2 Å². The molecule has 6 nitrogen and oxygen atoms in total. The Labute approximate surface area is 156 Å². The lowest BCUT2D eigenvalue weighted by Gasteiger charge is -2.34. The summed E-state index contributed by atoms with van der Waals surface area (Å²) in [5.74, 6) is 0. The molecule has 2 aromatic heterocycles. The van der Waals surface area contributed by atoms with E-state index in [1.165, 1.54) is 0 Å². The fourth-order valence-electron chi connectivity index (χ4n) is 3.14. The highest BCUT2D eigenvalue weighted by atomic mass is 32.1. The molecule has 134 valence electrons. The molecule has 1 fully saturated rings. The zero-order valence-electron chi connectivity index (χ0n) is 14.7. The molecule has 0 bridgehead atoms. The number of fused-ring (bicyclic) bond motifs is 1. The van der Waals surface area contributed by atoms with Crippen LogP contribution in [0.5, 0.6) is 0 Å². The lowest BCUT2D eigenvalue weighted by molar-refractivity contribution is 0.208. The third kappa shape index (κ3) is 3.35. The van der Waals surface area contributed by atoms with Gasteiger partial charge in [0.2, 0.25) is 0 Å². The number of urea groups is 1. The van der Waals surface area contributed by atoms with Crippen LogP contribution in [-0.4, -0.2) is 47.1 Å². The van der Waals surface area contributed by atoms with Gasteiger partial charge in [-0.05, 0) is 30.2 Å². The van der Waals surface area contributed by atoms with Crippen LogP contribution in [0.15, 0.2) is 42.6 Å². The minimum Gasteiger partial charge on any atom is -0.344 e. The van der Waals surface area contributed by atoms with Crippen LogP contribution in [-0.2, 0) is 6.42 Å². The SMILES string of the molecule is CCc1ccccc1NC(=O)N1CCN(c2nc3cccnc3s2)CC1. The van der Waals surface area contributed by atoms with Gasteiger partial charge >= 0.3 is 6.03 Å². The number of aryl methyl sites for hydroxylation is 1. The highest BCUT2D eigenvalue weighted by molar-refractivity contribution is 7.21. The van der Waals surface area contributed by atoms with Gasteiger partial charge in [0.25, 0.3) is 0 Å². The monoisotopic (exact) mass is 367 g/mol. The average molecular weight is 367 g/mol. The molecule has 1 aliphatic heterocycles. The van der Waals surface area contributed by atoms with Crippen molar-refractivity contribution in [2.75, 3.05) is 36.4 Å². The summed E-state index contributed by atoms with van der Waals surface area (Å²) < 4.78 is 0. The standard InChI is InChI=1S/C19H21N5OS/c1-2-14-6-3-4-7-15(14)21-18(25)23-10-12-24(13-11-23)19-22-16-8-5-9-20-17(16)26-19/h3-9H,2,10-13H2,1H3,(H,21,25). The van der Waals surface area contributed by atoms with Crippen LogP contribution in [0.25, 0.3) is 10.3 Å². The van der Waals surface area contributed by atoms with E-state index in [0.29, 0.717) is 13.1 Å². The molecule has 1 saturated heterocycles. The zero-order chi connectivity index (χ0) is 17.9. The summed E-state index contributed by atoms with van der Waals surface area (Å²) in [5.41, 5.74) is 2.99. The molecule has 1 aliphatic rings. The Morgan fingerprint density at radius 1 is 1.15 bits per heavy atom. The Morgan fingerprint density at radius 2 is 1.96 bits per heavy atom. The molecule has 4 rings (SSSR count). The van der Waals surface area contributed by atoms with Crippen molar-refractivity contribution in [3.8, 4) is 0 Å². The molecular weight excluding hydrogens is 346 g/mol. The van der Waals surface area contributed by atoms with Gasteiger partial charge in [0.05, 0.1) is 0 Å². The molecule has 2 amide bonds. The normalized spacial score (nSPS) is 14.7. The van der Waals surface area contributed by atoms with Crippen LogP contribution in [0.3, 0.4) is 0 Å². The van der Waals surface area contributed by atoms with Crippen LogP contribution in [0.2, 0.25) is 0 Å². The molecule has 26 heavy (non-hydrogen) atoms. The molecular formula is C19H21N5OS. The van der Waals surface area contributed by atoms with Gasteiger partial charge in [-0.2, -0.15) is 0 Å². The summed E-state index contributed by atoms with van der Waals surface area (Å²) in [6.07, 6.45) is 2.69. The van der Waals surface area contributed by atoms with E-state index in [9.17, 15) is 4.79 Å². The Kier molecular flexibility index (Phi) is 4.71. The Morgan fingerprint density at radius 3 is 2.73 bits per heavy atom. The van der Waals surface area contributed by atoms with Gasteiger partial charge in [0, 0.05) is 38.1 Å². The second-order valence-corrected chi connectivity index (χ2v) is 7.20. The van der Waals surface area contributed by atoms with E-state index in [1.807, 2.05) is 35.2 Å². The number of hydrogen-bond donors (Lipinski definition) is 1. The minimum absolute atomic E-state index is 0.0310. The molecule has 0 saturated carbocycles. The van der Waals surface area contributed by atoms with Gasteiger partial charge in [-0.1, -0.05) is 36.5 Å². The van der Waals surface area contributed by atoms with Crippen LogP contribution in [0.4, 0.5) is 15.6 Å². The number of carbonyl (C=O) groups excluding carboxylic acids is 1. The minimum atomic E-state index is -0.0310. The van der Waals surface area contributed by atoms with Crippen LogP contribution < -0.4 is 10.2 Å². The molecule has 1 N–H and O–H groups in total. The van der Waals surface area contributed by atoms with Crippen molar-refractivity contribution in [1.29, 1.82) is 0 Å². The smallest absolute Gasteiger partial charge is 0.321 e. The fourth-order valence-corrected chi connectivity index (χ4v) is 4.10. The Hall–Kier alpha value is -2.67. The number of anilines is 2. The number of pyridine rings is 1. The lowest BCUT2D eigenvalue weighted by Crippen LogP contribution is -2.50. The first-order chi connectivity index (χ1) is 12.7. The quantitative estimate of drug-likeness (QED) is 0.768. The highest BCUT2D eigenvalue weighted by Gasteiger charge is 2.23. The molecule has 0 atom stereocenters. The van der Waals surface area contributed by atoms with Crippen molar-refractivity contribution in [2.24, 2.45) is 0 Å². The van der Waals surface area contributed by atoms with Gasteiger partial charge in [0.15, 0.2) is 5.13 Å². The van der Waals surface area contributed by atoms with Crippen molar-refractivity contribution in [3.63, 3.8) is 0 Å². The number of benzene rings is 1. The number of hydrogen-bond acceptors (Lipinski definition) is 5. The number of aromatic nitrogens is 2. The predicted molar refractivity (Wildman–Crippen MR) is 106 cm³/mol. The first-order valence-corrected chi connectivity index (χ1v) is 9.66. The Bertz CT molecular complexity index is 884. The van der Waals surface area contributed by atoms with E-state index in [0.717, 1.165) is 46.2 Å². The number of nitrogens with zero attached hydrogens (tertiary/aromatic N) is 4. The molecule has 3 heterocycles. The highest BCUT2D eigenvalue weighted by Crippen LogP contribution is 2.27. The summed E-state index contributed by atoms with van der Waals surface area (Å²) in [5, 5.41) is 4.03. The van der Waals surface area contributed by atoms with E-state index < -0.39 is 0 Å². The topological polar surface area (TPSA) is 61.4 Å². The van der Waals surface area contributed by atoms with Gasteiger partial charge < -0.3 is 15.1 Å². The summed E-state index contributed by atoms with van der Waals surface area (Å²) in [6, 6.07) is 11.8. The second-order valence-electron chi connectivity index (χ2n) is 6.24. The molecule has 0 spiro atoms. The predicted octanol–water partition coefficient (Wildman–Crippen LogP) is 3.61. The van der Waals surface area contributed by atoms with E-state index in [4.69, 9.17) is 0 Å². The van der Waals surface area contributed by atoms with Crippen molar-refractivity contribution in [2.45, 2.75) is 13.3 Å². The Balaban J connectivity index is 1.39. The largest absolute Gasteiger partial charge is 0.344 e. The van der Waals surface area contributed by atoms with Gasteiger partial charge in [0.1, 0.15) is 10.3 Å². The van der Waals surface area contributed by atoms with E-state index >= 15 is 0 Å². The number of para-hydroxylation sites is 1. The van der Waals surface area contributed by atoms with Crippen molar-refractivity contribution < 1.29 is 4.79 Å². The third-order valence-electron chi connectivity index (χ3n) is 4.63. The molecule has 0 unspecified atom stereocenters. The maximum atomic E-state index is 12.6. The van der Waals surface area contributed by atoms with Gasteiger partial charge in [-0.25, -0.2) is 14.8 Å². The number of thiazole rings is 1. The van der Waals surface area contributed by atoms with Crippen LogP contribution in [0, 0.1) is 0 Å². The summed E-state index contributed by atoms with van der Waals surface area (Å²) in [6.45, 7) is 5.02. The van der Waals surface area contributed by atoms with Crippen LogP contribution >= 0.6 is 11.3 Å². The molecule has 0 radical (unpaired) electrons. The number of nitrogens with one attached hydrogen (secondary N) is 1. The van der Waals surface area contributed by atoms with Gasteiger partial charge in [-0.3, -0.25) is 0 Å². The third-order valence-corrected chi connectivity index (χ3v) is 5.67. The number of piperazine rings is 1. The molecule has 0 aliphatic carbocycles. The second kappa shape index (κ2) is 7.29. The molecule has 3 aromatic rings.